The lowest BCUT2D eigenvalue weighted by atomic mass is 10.2. The molecule has 0 spiro atoms. The Balaban J connectivity index is 2.38. The van der Waals surface area contributed by atoms with Gasteiger partial charge in [0.05, 0.1) is 13.4 Å². The van der Waals surface area contributed by atoms with Crippen LogP contribution in [0.5, 0.6) is 0 Å². The zero-order valence-corrected chi connectivity index (χ0v) is 9.08. The normalized spacial score (nSPS) is 20.5. The summed E-state index contributed by atoms with van der Waals surface area (Å²) in [5.41, 5.74) is -1.56. The first-order chi connectivity index (χ1) is 8.43. The Labute approximate surface area is 98.9 Å². The molecule has 0 aromatic carbocycles. The van der Waals surface area contributed by atoms with Crippen LogP contribution in [0.1, 0.15) is 11.9 Å². The molecule has 1 aliphatic rings. The second-order valence-corrected chi connectivity index (χ2v) is 3.39. The van der Waals surface area contributed by atoms with Gasteiger partial charge in [-0.25, -0.2) is 4.99 Å². The first kappa shape index (κ1) is 12.5. The molecule has 18 heavy (non-hydrogen) atoms. The van der Waals surface area contributed by atoms with Crippen LogP contribution in [0.25, 0.3) is 0 Å². The molecule has 2 rings (SSSR count). The highest BCUT2D eigenvalue weighted by molar-refractivity contribution is 5.96. The lowest BCUT2D eigenvalue weighted by Gasteiger charge is -2.23. The Kier molecular flexibility index (Phi) is 3.02. The number of nitrogens with one attached hydrogen (secondary N) is 1. The van der Waals surface area contributed by atoms with Crippen LogP contribution in [0.2, 0.25) is 0 Å². The highest BCUT2D eigenvalue weighted by Crippen LogP contribution is 2.34. The molecule has 0 fully saturated rings. The quantitative estimate of drug-likeness (QED) is 0.626. The lowest BCUT2D eigenvalue weighted by molar-refractivity contribution is -0.0904. The molecule has 2 heterocycles. The van der Waals surface area contributed by atoms with Crippen LogP contribution in [0.4, 0.5) is 17.6 Å². The predicted molar refractivity (Wildman–Crippen MR) is 53.2 cm³/mol. The van der Waals surface area contributed by atoms with Crippen molar-refractivity contribution in [2.24, 2.45) is 4.99 Å². The topological polar surface area (TPSA) is 46.8 Å². The molecule has 0 amide bonds. The number of rotatable bonds is 1. The van der Waals surface area contributed by atoms with Crippen molar-refractivity contribution in [3.05, 3.63) is 35.7 Å². The van der Waals surface area contributed by atoms with Crippen LogP contribution in [-0.2, 0) is 4.74 Å². The Hall–Kier alpha value is -1.99. The molecule has 1 atom stereocenters. The Morgan fingerprint density at radius 1 is 1.44 bits per heavy atom. The fourth-order valence-electron chi connectivity index (χ4n) is 1.48. The number of hydrogen-bond donors (Lipinski definition) is 1. The van der Waals surface area contributed by atoms with Crippen molar-refractivity contribution < 1.29 is 26.7 Å². The molecule has 1 aliphatic heterocycles. The maximum absolute atomic E-state index is 13.5. The molecule has 4 nitrogen and oxygen atoms in total. The molecule has 0 radical (unpaired) electrons. The number of hydrogen-bond acceptors (Lipinski definition) is 4. The number of alkyl halides is 3. The standard InChI is InChI=1S/C10H8F4N2O2/c1-17-9-6(10(12,13)14)7(11)15-8(16-9)5-3-2-4-18-5/h2-4,8,15H,1H3. The van der Waals surface area contributed by atoms with Gasteiger partial charge in [0.25, 0.3) is 0 Å². The van der Waals surface area contributed by atoms with Gasteiger partial charge in [-0.15, -0.1) is 0 Å². The minimum absolute atomic E-state index is 0.181. The number of methoxy groups -OCH3 is 1. The van der Waals surface area contributed by atoms with Crippen LogP contribution in [-0.4, -0.2) is 19.2 Å². The molecule has 0 bridgehead atoms. The highest BCUT2D eigenvalue weighted by Gasteiger charge is 2.44. The second kappa shape index (κ2) is 4.35. The van der Waals surface area contributed by atoms with E-state index in [1.165, 1.54) is 18.4 Å². The van der Waals surface area contributed by atoms with Gasteiger partial charge >= 0.3 is 6.18 Å². The van der Waals surface area contributed by atoms with Crippen molar-refractivity contribution in [2.75, 3.05) is 7.11 Å². The van der Waals surface area contributed by atoms with Gasteiger partial charge < -0.3 is 14.5 Å². The Morgan fingerprint density at radius 3 is 2.67 bits per heavy atom. The molecular formula is C10H8F4N2O2. The van der Waals surface area contributed by atoms with Crippen LogP contribution in [0.15, 0.2) is 39.3 Å². The third-order valence-corrected chi connectivity index (χ3v) is 2.23. The molecule has 1 aromatic heterocycles. The zero-order valence-electron chi connectivity index (χ0n) is 9.08. The highest BCUT2D eigenvalue weighted by atomic mass is 19.4. The van der Waals surface area contributed by atoms with E-state index in [1.807, 2.05) is 5.32 Å². The zero-order chi connectivity index (χ0) is 13.3. The largest absolute Gasteiger partial charge is 0.481 e. The van der Waals surface area contributed by atoms with Crippen molar-refractivity contribution in [3.8, 4) is 0 Å². The molecular weight excluding hydrogens is 256 g/mol. The van der Waals surface area contributed by atoms with E-state index in [0.717, 1.165) is 7.11 Å². The second-order valence-electron chi connectivity index (χ2n) is 3.39. The molecule has 1 aromatic rings. The van der Waals surface area contributed by atoms with Crippen molar-refractivity contribution in [1.29, 1.82) is 0 Å². The number of nitrogens with zero attached hydrogens (tertiary/aromatic N) is 1. The molecule has 0 aliphatic carbocycles. The van der Waals surface area contributed by atoms with Crippen molar-refractivity contribution in [2.45, 2.75) is 12.3 Å². The van der Waals surface area contributed by atoms with E-state index in [0.29, 0.717) is 0 Å². The number of furan rings is 1. The number of ether oxygens (including phenoxy) is 1. The molecule has 0 saturated carbocycles. The molecule has 1 unspecified atom stereocenters. The minimum Gasteiger partial charge on any atom is -0.481 e. The van der Waals surface area contributed by atoms with Gasteiger partial charge in [0.15, 0.2) is 11.7 Å². The fourth-order valence-corrected chi connectivity index (χ4v) is 1.48. The number of halogens is 4. The fraction of sp³-hybridized carbons (Fsp3) is 0.300. The Morgan fingerprint density at radius 2 is 2.17 bits per heavy atom. The maximum Gasteiger partial charge on any atom is 0.425 e. The van der Waals surface area contributed by atoms with E-state index >= 15 is 0 Å². The van der Waals surface area contributed by atoms with Crippen LogP contribution >= 0.6 is 0 Å². The first-order valence-electron chi connectivity index (χ1n) is 4.82. The van der Waals surface area contributed by atoms with Crippen molar-refractivity contribution >= 4 is 5.90 Å². The average molecular weight is 264 g/mol. The summed E-state index contributed by atoms with van der Waals surface area (Å²) in [4.78, 5) is 3.61. The van der Waals surface area contributed by atoms with Crippen LogP contribution in [0.3, 0.4) is 0 Å². The van der Waals surface area contributed by atoms with Crippen LogP contribution < -0.4 is 5.32 Å². The van der Waals surface area contributed by atoms with Gasteiger partial charge in [-0.1, -0.05) is 0 Å². The molecule has 8 heteroatoms. The van der Waals surface area contributed by atoms with Gasteiger partial charge in [-0.05, 0) is 12.1 Å². The summed E-state index contributed by atoms with van der Waals surface area (Å²) in [6, 6.07) is 2.97. The third-order valence-electron chi connectivity index (χ3n) is 2.23. The van der Waals surface area contributed by atoms with Gasteiger partial charge in [-0.2, -0.15) is 17.6 Å². The number of aliphatic imine (C=N–C) groups is 1. The predicted octanol–water partition coefficient (Wildman–Crippen LogP) is 2.67. The first-order valence-corrected chi connectivity index (χ1v) is 4.82. The van der Waals surface area contributed by atoms with Gasteiger partial charge in [0.2, 0.25) is 11.8 Å². The SMILES string of the molecule is COC1=NC(c2ccco2)NC(F)=C1C(F)(F)F. The van der Waals surface area contributed by atoms with Crippen molar-refractivity contribution in [3.63, 3.8) is 0 Å². The third kappa shape index (κ3) is 2.18. The average Bonchev–Trinajstić information content (AvgIpc) is 2.79. The van der Waals surface area contributed by atoms with E-state index in [1.54, 1.807) is 0 Å². The lowest BCUT2D eigenvalue weighted by Crippen LogP contribution is -2.33. The van der Waals surface area contributed by atoms with E-state index in [9.17, 15) is 17.6 Å². The minimum atomic E-state index is -4.89. The summed E-state index contributed by atoms with van der Waals surface area (Å²) in [6.07, 6.45) is -4.67. The van der Waals surface area contributed by atoms with Gasteiger partial charge in [0, 0.05) is 0 Å². The molecule has 0 saturated heterocycles. The molecule has 1 N–H and O–H groups in total. The van der Waals surface area contributed by atoms with E-state index in [2.05, 4.69) is 9.73 Å². The summed E-state index contributed by atoms with van der Waals surface area (Å²) >= 11 is 0. The van der Waals surface area contributed by atoms with Crippen LogP contribution in [0, 0.1) is 0 Å². The van der Waals surface area contributed by atoms with Gasteiger partial charge in [0.1, 0.15) is 5.76 Å². The van der Waals surface area contributed by atoms with E-state index in [4.69, 9.17) is 4.42 Å². The summed E-state index contributed by atoms with van der Waals surface area (Å²) in [5, 5.41) is 1.97. The van der Waals surface area contributed by atoms with E-state index in [-0.39, 0.29) is 5.76 Å². The monoisotopic (exact) mass is 264 g/mol. The Bertz CT molecular complexity index is 490. The van der Waals surface area contributed by atoms with E-state index < -0.39 is 29.8 Å². The van der Waals surface area contributed by atoms with Gasteiger partial charge in [-0.3, -0.25) is 0 Å². The van der Waals surface area contributed by atoms with Crippen molar-refractivity contribution in [1.82, 2.24) is 5.32 Å². The smallest absolute Gasteiger partial charge is 0.425 e. The summed E-state index contributed by atoms with van der Waals surface area (Å²) in [6.45, 7) is 0. The summed E-state index contributed by atoms with van der Waals surface area (Å²) < 4.78 is 60.6. The molecule has 98 valence electrons. The summed E-state index contributed by atoms with van der Waals surface area (Å²) in [5.74, 6) is -2.18. The maximum atomic E-state index is 13.5. The summed E-state index contributed by atoms with van der Waals surface area (Å²) in [7, 11) is 0.988.